The Morgan fingerprint density at radius 3 is 3.05 bits per heavy atom. The molecule has 0 saturated heterocycles. The first-order valence-corrected chi connectivity index (χ1v) is 7.38. The Morgan fingerprint density at radius 1 is 1.47 bits per heavy atom. The van der Waals surface area contributed by atoms with Gasteiger partial charge in [-0.1, -0.05) is 19.1 Å². The van der Waals surface area contributed by atoms with Crippen LogP contribution in [-0.2, 0) is 6.42 Å². The number of aliphatic hydroxyl groups is 1. The molecule has 0 spiro atoms. The van der Waals surface area contributed by atoms with E-state index in [0.717, 1.165) is 25.1 Å². The van der Waals surface area contributed by atoms with E-state index in [-0.39, 0.29) is 0 Å². The van der Waals surface area contributed by atoms with E-state index in [1.807, 2.05) is 6.07 Å². The Labute approximate surface area is 116 Å². The minimum absolute atomic E-state index is 0.365. The molecule has 0 aromatic heterocycles. The van der Waals surface area contributed by atoms with Crippen LogP contribution in [0.5, 0.6) is 5.75 Å². The molecule has 0 fully saturated rings. The van der Waals surface area contributed by atoms with Crippen molar-refractivity contribution in [1.82, 2.24) is 5.32 Å². The van der Waals surface area contributed by atoms with Gasteiger partial charge in [-0.05, 0) is 56.3 Å². The van der Waals surface area contributed by atoms with E-state index in [4.69, 9.17) is 4.74 Å². The lowest BCUT2D eigenvalue weighted by Crippen LogP contribution is -2.26. The largest absolute Gasteiger partial charge is 0.491 e. The van der Waals surface area contributed by atoms with Gasteiger partial charge in [-0.2, -0.15) is 0 Å². The summed E-state index contributed by atoms with van der Waals surface area (Å²) in [5, 5.41) is 13.0. The molecular formula is C16H25NO2. The van der Waals surface area contributed by atoms with Gasteiger partial charge >= 0.3 is 0 Å². The molecule has 1 aromatic rings. The average molecular weight is 263 g/mol. The van der Waals surface area contributed by atoms with Crippen LogP contribution in [0.2, 0.25) is 0 Å². The van der Waals surface area contributed by atoms with Crippen LogP contribution in [0.1, 0.15) is 50.3 Å². The molecule has 0 radical (unpaired) electrons. The molecule has 0 bridgehead atoms. The van der Waals surface area contributed by atoms with Crippen molar-refractivity contribution in [2.45, 2.75) is 51.7 Å². The maximum Gasteiger partial charge on any atom is 0.122 e. The molecule has 0 amide bonds. The van der Waals surface area contributed by atoms with E-state index in [9.17, 15) is 5.11 Å². The number of hydrogen-bond acceptors (Lipinski definition) is 3. The summed E-state index contributed by atoms with van der Waals surface area (Å²) >= 11 is 0. The predicted octanol–water partition coefficient (Wildman–Crippen LogP) is 2.82. The zero-order valence-corrected chi connectivity index (χ0v) is 12.0. The van der Waals surface area contributed by atoms with Gasteiger partial charge < -0.3 is 15.2 Å². The van der Waals surface area contributed by atoms with Crippen LogP contribution in [0, 0.1) is 0 Å². The van der Waals surface area contributed by atoms with Crippen LogP contribution < -0.4 is 10.1 Å². The van der Waals surface area contributed by atoms with Crippen molar-refractivity contribution in [2.24, 2.45) is 0 Å². The van der Waals surface area contributed by atoms with Gasteiger partial charge in [-0.15, -0.1) is 0 Å². The van der Waals surface area contributed by atoms with Crippen LogP contribution >= 0.6 is 0 Å². The monoisotopic (exact) mass is 263 g/mol. The fraction of sp³-hybridized carbons (Fsp3) is 0.625. The topological polar surface area (TPSA) is 41.5 Å². The third-order valence-electron chi connectivity index (χ3n) is 3.59. The fourth-order valence-corrected chi connectivity index (χ4v) is 2.69. The molecule has 19 heavy (non-hydrogen) atoms. The Kier molecular flexibility index (Phi) is 5.23. The van der Waals surface area contributed by atoms with E-state index in [2.05, 4.69) is 24.4 Å². The quantitative estimate of drug-likeness (QED) is 0.829. The van der Waals surface area contributed by atoms with Crippen molar-refractivity contribution in [1.29, 1.82) is 0 Å². The molecule has 0 aliphatic heterocycles. The summed E-state index contributed by atoms with van der Waals surface area (Å²) in [5.74, 6) is 0.946. The summed E-state index contributed by atoms with van der Waals surface area (Å²) in [6.45, 7) is 5.37. The van der Waals surface area contributed by atoms with E-state index in [1.54, 1.807) is 6.92 Å². The third kappa shape index (κ3) is 3.71. The summed E-state index contributed by atoms with van der Waals surface area (Å²) < 4.78 is 5.74. The van der Waals surface area contributed by atoms with E-state index >= 15 is 0 Å². The van der Waals surface area contributed by atoms with Gasteiger partial charge in [0.05, 0.1) is 6.10 Å². The summed E-state index contributed by atoms with van der Waals surface area (Å²) in [7, 11) is 0. The highest BCUT2D eigenvalue weighted by atomic mass is 16.5. The molecule has 1 aliphatic carbocycles. The second-order valence-corrected chi connectivity index (χ2v) is 5.38. The number of hydrogen-bond donors (Lipinski definition) is 2. The molecule has 106 valence electrons. The van der Waals surface area contributed by atoms with Crippen LogP contribution in [-0.4, -0.2) is 24.4 Å². The highest BCUT2D eigenvalue weighted by Crippen LogP contribution is 2.35. The summed E-state index contributed by atoms with van der Waals surface area (Å²) in [6.07, 6.45) is 4.21. The maximum atomic E-state index is 9.35. The smallest absolute Gasteiger partial charge is 0.122 e. The standard InChI is InChI=1S/C16H25NO2/c1-3-10-17-15-8-4-7-14-13(15)6-5-9-16(14)19-11-12(2)18/h5-6,9,12,15,17-18H,3-4,7-8,10-11H2,1-2H3. The third-order valence-corrected chi connectivity index (χ3v) is 3.59. The van der Waals surface area contributed by atoms with Crippen LogP contribution in [0.3, 0.4) is 0 Å². The van der Waals surface area contributed by atoms with Crippen molar-refractivity contribution < 1.29 is 9.84 Å². The Morgan fingerprint density at radius 2 is 2.32 bits per heavy atom. The van der Waals surface area contributed by atoms with E-state index < -0.39 is 6.10 Å². The number of ether oxygens (including phenoxy) is 1. The van der Waals surface area contributed by atoms with Gasteiger partial charge in [-0.3, -0.25) is 0 Å². The predicted molar refractivity (Wildman–Crippen MR) is 77.6 cm³/mol. The van der Waals surface area contributed by atoms with E-state index in [0.29, 0.717) is 12.6 Å². The first-order chi connectivity index (χ1) is 9.22. The van der Waals surface area contributed by atoms with E-state index in [1.165, 1.54) is 24.0 Å². The second-order valence-electron chi connectivity index (χ2n) is 5.38. The molecule has 2 unspecified atom stereocenters. The normalized spacial score (nSPS) is 19.8. The number of rotatable bonds is 6. The molecule has 2 atom stereocenters. The first-order valence-electron chi connectivity index (χ1n) is 7.38. The molecule has 2 rings (SSSR count). The SMILES string of the molecule is CCCNC1CCCc2c(OCC(C)O)cccc21. The van der Waals surface area contributed by atoms with Crippen molar-refractivity contribution in [3.63, 3.8) is 0 Å². The zero-order valence-electron chi connectivity index (χ0n) is 12.0. The Bertz CT molecular complexity index is 404. The second kappa shape index (κ2) is 6.92. The minimum Gasteiger partial charge on any atom is -0.491 e. The highest BCUT2D eigenvalue weighted by Gasteiger charge is 2.22. The number of aliphatic hydroxyl groups excluding tert-OH is 1. The van der Waals surface area contributed by atoms with Crippen molar-refractivity contribution in [3.05, 3.63) is 29.3 Å². The van der Waals surface area contributed by atoms with Gasteiger partial charge in [0.15, 0.2) is 0 Å². The molecule has 3 nitrogen and oxygen atoms in total. The van der Waals surface area contributed by atoms with Crippen molar-refractivity contribution in [3.8, 4) is 5.75 Å². The first kappa shape index (κ1) is 14.4. The van der Waals surface area contributed by atoms with Gasteiger partial charge in [0.1, 0.15) is 12.4 Å². The number of benzene rings is 1. The number of nitrogens with one attached hydrogen (secondary N) is 1. The van der Waals surface area contributed by atoms with Crippen LogP contribution in [0.15, 0.2) is 18.2 Å². The summed E-state index contributed by atoms with van der Waals surface area (Å²) in [4.78, 5) is 0. The molecular weight excluding hydrogens is 238 g/mol. The minimum atomic E-state index is -0.423. The Hall–Kier alpha value is -1.06. The lowest BCUT2D eigenvalue weighted by molar-refractivity contribution is 0.122. The molecule has 2 N–H and O–H groups in total. The van der Waals surface area contributed by atoms with Crippen molar-refractivity contribution in [2.75, 3.05) is 13.2 Å². The molecule has 0 heterocycles. The fourth-order valence-electron chi connectivity index (χ4n) is 2.69. The molecule has 3 heteroatoms. The zero-order chi connectivity index (χ0) is 13.7. The van der Waals surface area contributed by atoms with Gasteiger partial charge in [-0.25, -0.2) is 0 Å². The van der Waals surface area contributed by atoms with Crippen LogP contribution in [0.4, 0.5) is 0 Å². The Balaban J connectivity index is 2.15. The summed E-state index contributed by atoms with van der Waals surface area (Å²) in [6, 6.07) is 6.74. The van der Waals surface area contributed by atoms with Crippen LogP contribution in [0.25, 0.3) is 0 Å². The summed E-state index contributed by atoms with van der Waals surface area (Å²) in [5.41, 5.74) is 2.70. The van der Waals surface area contributed by atoms with Gasteiger partial charge in [0, 0.05) is 6.04 Å². The highest BCUT2D eigenvalue weighted by molar-refractivity contribution is 5.43. The molecule has 1 aromatic carbocycles. The maximum absolute atomic E-state index is 9.35. The lowest BCUT2D eigenvalue weighted by Gasteiger charge is -2.28. The number of fused-ring (bicyclic) bond motifs is 1. The van der Waals surface area contributed by atoms with Gasteiger partial charge in [0.2, 0.25) is 0 Å². The van der Waals surface area contributed by atoms with Gasteiger partial charge in [0.25, 0.3) is 0 Å². The lowest BCUT2D eigenvalue weighted by atomic mass is 9.87. The average Bonchev–Trinajstić information content (AvgIpc) is 2.42. The van der Waals surface area contributed by atoms with Crippen molar-refractivity contribution >= 4 is 0 Å². The molecule has 1 aliphatic rings. The molecule has 0 saturated carbocycles.